The van der Waals surface area contributed by atoms with Crippen LogP contribution in [0.4, 0.5) is 0 Å². The number of aliphatic imine (C=N–C) groups is 1. The summed E-state index contributed by atoms with van der Waals surface area (Å²) in [4.78, 5) is 4.49. The minimum Gasteiger partial charge on any atom is -0.474 e. The zero-order valence-corrected chi connectivity index (χ0v) is 7.71. The van der Waals surface area contributed by atoms with E-state index in [9.17, 15) is 0 Å². The molecule has 2 aliphatic rings. The van der Waals surface area contributed by atoms with E-state index in [-0.39, 0.29) is 0 Å². The molecule has 0 bridgehead atoms. The van der Waals surface area contributed by atoms with Crippen molar-refractivity contribution in [3.63, 3.8) is 0 Å². The van der Waals surface area contributed by atoms with Crippen molar-refractivity contribution in [2.75, 3.05) is 0 Å². The molecule has 0 aromatic heterocycles. The SMILES string of the molecule is CC(C)(N)C1=NC2CCCC2O1. The van der Waals surface area contributed by atoms with Gasteiger partial charge in [-0.1, -0.05) is 0 Å². The normalized spacial score (nSPS) is 34.4. The molecule has 0 aromatic carbocycles. The summed E-state index contributed by atoms with van der Waals surface area (Å²) in [6.07, 6.45) is 3.90. The molecular formula is C9H16N2O. The predicted molar refractivity (Wildman–Crippen MR) is 48.2 cm³/mol. The van der Waals surface area contributed by atoms with Gasteiger partial charge in [-0.05, 0) is 33.1 Å². The summed E-state index contributed by atoms with van der Waals surface area (Å²) in [7, 11) is 0. The second-order valence-electron chi connectivity index (χ2n) is 4.31. The first-order valence-corrected chi connectivity index (χ1v) is 4.61. The van der Waals surface area contributed by atoms with Crippen LogP contribution in [-0.2, 0) is 4.74 Å². The van der Waals surface area contributed by atoms with Crippen molar-refractivity contribution < 1.29 is 4.74 Å². The highest BCUT2D eigenvalue weighted by Crippen LogP contribution is 2.31. The Labute approximate surface area is 73.0 Å². The van der Waals surface area contributed by atoms with E-state index < -0.39 is 5.54 Å². The van der Waals surface area contributed by atoms with Crippen molar-refractivity contribution in [2.45, 2.75) is 50.8 Å². The van der Waals surface area contributed by atoms with Crippen molar-refractivity contribution in [3.8, 4) is 0 Å². The number of rotatable bonds is 1. The minimum atomic E-state index is -0.398. The lowest BCUT2D eigenvalue weighted by Gasteiger charge is -2.19. The molecule has 0 saturated heterocycles. The molecule has 3 heteroatoms. The second-order valence-corrected chi connectivity index (χ2v) is 4.31. The highest BCUT2D eigenvalue weighted by atomic mass is 16.5. The van der Waals surface area contributed by atoms with Crippen LogP contribution < -0.4 is 5.73 Å². The fourth-order valence-electron chi connectivity index (χ4n) is 1.83. The first-order valence-electron chi connectivity index (χ1n) is 4.61. The molecule has 1 aliphatic heterocycles. The van der Waals surface area contributed by atoms with Crippen molar-refractivity contribution >= 4 is 5.90 Å². The molecule has 2 N–H and O–H groups in total. The third-order valence-electron chi connectivity index (χ3n) is 2.51. The van der Waals surface area contributed by atoms with Crippen LogP contribution in [0.5, 0.6) is 0 Å². The Hall–Kier alpha value is -0.570. The molecule has 68 valence electrons. The monoisotopic (exact) mass is 168 g/mol. The summed E-state index contributed by atoms with van der Waals surface area (Å²) in [5.74, 6) is 0.747. The van der Waals surface area contributed by atoms with Gasteiger partial charge in [-0.15, -0.1) is 0 Å². The maximum absolute atomic E-state index is 5.89. The summed E-state index contributed by atoms with van der Waals surface area (Å²) < 4.78 is 5.67. The molecule has 2 unspecified atom stereocenters. The third kappa shape index (κ3) is 1.22. The quantitative estimate of drug-likeness (QED) is 0.636. The first kappa shape index (κ1) is 8.05. The number of nitrogens with two attached hydrogens (primary N) is 1. The van der Waals surface area contributed by atoms with Crippen LogP contribution in [-0.4, -0.2) is 23.6 Å². The second kappa shape index (κ2) is 2.46. The van der Waals surface area contributed by atoms with Gasteiger partial charge in [0.05, 0.1) is 11.6 Å². The number of hydrogen-bond donors (Lipinski definition) is 1. The summed E-state index contributed by atoms with van der Waals surface area (Å²) in [6, 6.07) is 0.405. The van der Waals surface area contributed by atoms with Crippen LogP contribution in [0, 0.1) is 0 Å². The molecule has 0 spiro atoms. The standard InChI is InChI=1S/C9H16N2O/c1-9(2,10)8-11-6-4-3-5-7(6)12-8/h6-7H,3-5,10H2,1-2H3. The van der Waals surface area contributed by atoms with Crippen LogP contribution in [0.3, 0.4) is 0 Å². The van der Waals surface area contributed by atoms with Crippen molar-refractivity contribution in [1.82, 2.24) is 0 Å². The molecule has 12 heavy (non-hydrogen) atoms. The van der Waals surface area contributed by atoms with Gasteiger partial charge >= 0.3 is 0 Å². The molecule has 0 amide bonds. The molecule has 1 aliphatic carbocycles. The zero-order valence-electron chi connectivity index (χ0n) is 7.71. The van der Waals surface area contributed by atoms with Crippen molar-refractivity contribution in [1.29, 1.82) is 0 Å². The van der Waals surface area contributed by atoms with Gasteiger partial charge in [0.25, 0.3) is 0 Å². The number of nitrogens with zero attached hydrogens (tertiary/aromatic N) is 1. The maximum atomic E-state index is 5.89. The summed E-state index contributed by atoms with van der Waals surface area (Å²) >= 11 is 0. The molecule has 2 atom stereocenters. The van der Waals surface area contributed by atoms with E-state index in [1.807, 2.05) is 13.8 Å². The lowest BCUT2D eigenvalue weighted by atomic mass is 10.1. The van der Waals surface area contributed by atoms with Crippen LogP contribution in [0.25, 0.3) is 0 Å². The largest absolute Gasteiger partial charge is 0.474 e. The van der Waals surface area contributed by atoms with Gasteiger partial charge < -0.3 is 10.5 Å². The molecule has 0 radical (unpaired) electrons. The molecule has 0 aromatic rings. The molecular weight excluding hydrogens is 152 g/mol. The summed E-state index contributed by atoms with van der Waals surface area (Å²) in [6.45, 7) is 3.87. The van der Waals surface area contributed by atoms with Crippen LogP contribution in [0.2, 0.25) is 0 Å². The van der Waals surface area contributed by atoms with E-state index in [0.717, 1.165) is 12.3 Å². The van der Waals surface area contributed by atoms with E-state index in [2.05, 4.69) is 4.99 Å². The number of hydrogen-bond acceptors (Lipinski definition) is 3. The predicted octanol–water partition coefficient (Wildman–Crippen LogP) is 1.07. The van der Waals surface area contributed by atoms with Crippen molar-refractivity contribution in [3.05, 3.63) is 0 Å². The van der Waals surface area contributed by atoms with Crippen molar-refractivity contribution in [2.24, 2.45) is 10.7 Å². The minimum absolute atomic E-state index is 0.336. The summed E-state index contributed by atoms with van der Waals surface area (Å²) in [5.41, 5.74) is 5.49. The molecule has 1 saturated carbocycles. The highest BCUT2D eigenvalue weighted by molar-refractivity contribution is 5.86. The summed E-state index contributed by atoms with van der Waals surface area (Å²) in [5, 5.41) is 0. The van der Waals surface area contributed by atoms with Gasteiger partial charge in [0, 0.05) is 0 Å². The van der Waals surface area contributed by atoms with Gasteiger partial charge in [0.15, 0.2) is 0 Å². The Morgan fingerprint density at radius 2 is 2.25 bits per heavy atom. The Kier molecular flexibility index (Phi) is 1.65. The molecule has 1 heterocycles. The molecule has 3 nitrogen and oxygen atoms in total. The molecule has 1 fully saturated rings. The van der Waals surface area contributed by atoms with Gasteiger partial charge in [0.1, 0.15) is 6.10 Å². The Balaban J connectivity index is 2.12. The van der Waals surface area contributed by atoms with Crippen LogP contribution in [0.15, 0.2) is 4.99 Å². The average molecular weight is 168 g/mol. The topological polar surface area (TPSA) is 47.6 Å². The first-order chi connectivity index (χ1) is 5.57. The van der Waals surface area contributed by atoms with E-state index in [1.54, 1.807) is 0 Å². The zero-order chi connectivity index (χ0) is 8.77. The number of fused-ring (bicyclic) bond motifs is 1. The van der Waals surface area contributed by atoms with Crippen LogP contribution >= 0.6 is 0 Å². The average Bonchev–Trinajstić information content (AvgIpc) is 2.37. The van der Waals surface area contributed by atoms with Gasteiger partial charge in [-0.25, -0.2) is 4.99 Å². The van der Waals surface area contributed by atoms with Gasteiger partial charge in [-0.2, -0.15) is 0 Å². The lowest BCUT2D eigenvalue weighted by Crippen LogP contribution is -2.42. The number of ether oxygens (including phenoxy) is 1. The third-order valence-corrected chi connectivity index (χ3v) is 2.51. The lowest BCUT2D eigenvalue weighted by molar-refractivity contribution is 0.197. The van der Waals surface area contributed by atoms with E-state index in [1.165, 1.54) is 12.8 Å². The maximum Gasteiger partial charge on any atom is 0.204 e. The van der Waals surface area contributed by atoms with Gasteiger partial charge in [0.2, 0.25) is 5.90 Å². The smallest absolute Gasteiger partial charge is 0.204 e. The van der Waals surface area contributed by atoms with Gasteiger partial charge in [-0.3, -0.25) is 0 Å². The Morgan fingerprint density at radius 1 is 1.50 bits per heavy atom. The van der Waals surface area contributed by atoms with E-state index in [0.29, 0.717) is 12.1 Å². The van der Waals surface area contributed by atoms with E-state index in [4.69, 9.17) is 10.5 Å². The Bertz CT molecular complexity index is 217. The molecule has 2 rings (SSSR count). The highest BCUT2D eigenvalue weighted by Gasteiger charge is 2.38. The van der Waals surface area contributed by atoms with Crippen LogP contribution in [0.1, 0.15) is 33.1 Å². The van der Waals surface area contributed by atoms with E-state index >= 15 is 0 Å². The fraction of sp³-hybridized carbons (Fsp3) is 0.889. The Morgan fingerprint density at radius 3 is 2.83 bits per heavy atom. The fourth-order valence-corrected chi connectivity index (χ4v) is 1.83.